The zero-order valence-electron chi connectivity index (χ0n) is 10.7. The Morgan fingerprint density at radius 1 is 1.39 bits per heavy atom. The fraction of sp³-hybridized carbons (Fsp3) is 0.357. The van der Waals surface area contributed by atoms with Crippen LogP contribution in [-0.2, 0) is 6.54 Å². The molecule has 0 amide bonds. The van der Waals surface area contributed by atoms with Gasteiger partial charge in [0.2, 0.25) is 0 Å². The molecule has 2 rings (SSSR count). The monoisotopic (exact) mass is 246 g/mol. The highest BCUT2D eigenvalue weighted by Crippen LogP contribution is 2.28. The Kier molecular flexibility index (Phi) is 3.39. The van der Waals surface area contributed by atoms with Crippen molar-refractivity contribution in [3.05, 3.63) is 35.0 Å². The van der Waals surface area contributed by atoms with E-state index < -0.39 is 5.97 Å². The second kappa shape index (κ2) is 4.82. The minimum atomic E-state index is -0.882. The Bertz CT molecular complexity index is 599. The van der Waals surface area contributed by atoms with Gasteiger partial charge in [0, 0.05) is 17.6 Å². The SMILES string of the molecule is Cc1c(C)n(CCCN)c2c(C(=O)O)cccc12. The zero-order chi connectivity index (χ0) is 13.3. The van der Waals surface area contributed by atoms with Gasteiger partial charge in [-0.15, -0.1) is 0 Å². The van der Waals surface area contributed by atoms with Gasteiger partial charge in [0.1, 0.15) is 0 Å². The highest BCUT2D eigenvalue weighted by molar-refractivity contribution is 6.03. The molecule has 18 heavy (non-hydrogen) atoms. The number of hydrogen-bond acceptors (Lipinski definition) is 2. The van der Waals surface area contributed by atoms with Gasteiger partial charge in [0.05, 0.1) is 11.1 Å². The third-order valence-electron chi connectivity index (χ3n) is 3.47. The van der Waals surface area contributed by atoms with Crippen LogP contribution in [0.2, 0.25) is 0 Å². The molecule has 0 spiro atoms. The summed E-state index contributed by atoms with van der Waals surface area (Å²) in [5.41, 5.74) is 8.98. The summed E-state index contributed by atoms with van der Waals surface area (Å²) in [5, 5.41) is 10.3. The number of aromatic nitrogens is 1. The molecule has 3 N–H and O–H groups in total. The maximum Gasteiger partial charge on any atom is 0.337 e. The molecule has 1 aromatic heterocycles. The Morgan fingerprint density at radius 3 is 2.72 bits per heavy atom. The lowest BCUT2D eigenvalue weighted by Crippen LogP contribution is -2.09. The summed E-state index contributed by atoms with van der Waals surface area (Å²) in [7, 11) is 0. The average molecular weight is 246 g/mol. The average Bonchev–Trinajstić information content (AvgIpc) is 2.60. The van der Waals surface area contributed by atoms with Crippen molar-refractivity contribution in [3.8, 4) is 0 Å². The molecule has 0 unspecified atom stereocenters. The second-order valence-electron chi connectivity index (χ2n) is 4.51. The standard InChI is InChI=1S/C14H18N2O2/c1-9-10(2)16(8-4-7-15)13-11(9)5-3-6-12(13)14(17)18/h3,5-6H,4,7-8,15H2,1-2H3,(H,17,18). The Labute approximate surface area is 106 Å². The smallest absolute Gasteiger partial charge is 0.337 e. The van der Waals surface area contributed by atoms with E-state index in [1.54, 1.807) is 12.1 Å². The van der Waals surface area contributed by atoms with Crippen molar-refractivity contribution < 1.29 is 9.90 Å². The normalized spacial score (nSPS) is 11.1. The summed E-state index contributed by atoms with van der Waals surface area (Å²) in [5.74, 6) is -0.882. The first-order valence-corrected chi connectivity index (χ1v) is 6.09. The van der Waals surface area contributed by atoms with E-state index in [1.807, 2.05) is 19.9 Å². The molecule has 4 nitrogen and oxygen atoms in total. The van der Waals surface area contributed by atoms with Gasteiger partial charge in [-0.2, -0.15) is 0 Å². The molecule has 0 fully saturated rings. The molecule has 0 radical (unpaired) electrons. The van der Waals surface area contributed by atoms with Crippen molar-refractivity contribution in [1.82, 2.24) is 4.57 Å². The highest BCUT2D eigenvalue weighted by atomic mass is 16.4. The van der Waals surface area contributed by atoms with Crippen LogP contribution in [0.25, 0.3) is 10.9 Å². The summed E-state index contributed by atoms with van der Waals surface area (Å²) in [4.78, 5) is 11.3. The number of carboxylic acid groups (broad SMARTS) is 1. The molecule has 0 saturated heterocycles. The number of aryl methyl sites for hydroxylation is 2. The van der Waals surface area contributed by atoms with Crippen LogP contribution in [0.3, 0.4) is 0 Å². The van der Waals surface area contributed by atoms with Gasteiger partial charge in [0.15, 0.2) is 0 Å². The number of rotatable bonds is 4. The molecular weight excluding hydrogens is 228 g/mol. The van der Waals surface area contributed by atoms with Crippen molar-refractivity contribution in [1.29, 1.82) is 0 Å². The predicted molar refractivity (Wildman–Crippen MR) is 72.0 cm³/mol. The number of carboxylic acids is 1. The van der Waals surface area contributed by atoms with Gasteiger partial charge < -0.3 is 15.4 Å². The van der Waals surface area contributed by atoms with Gasteiger partial charge in [0.25, 0.3) is 0 Å². The molecule has 0 saturated carbocycles. The number of benzene rings is 1. The fourth-order valence-electron chi connectivity index (χ4n) is 2.40. The zero-order valence-corrected chi connectivity index (χ0v) is 10.7. The molecule has 0 aliphatic heterocycles. The first-order valence-electron chi connectivity index (χ1n) is 6.09. The van der Waals surface area contributed by atoms with Crippen LogP contribution < -0.4 is 5.73 Å². The number of para-hydroxylation sites is 1. The van der Waals surface area contributed by atoms with Crippen LogP contribution in [0.15, 0.2) is 18.2 Å². The van der Waals surface area contributed by atoms with E-state index in [-0.39, 0.29) is 0 Å². The highest BCUT2D eigenvalue weighted by Gasteiger charge is 2.16. The van der Waals surface area contributed by atoms with Crippen molar-refractivity contribution in [2.75, 3.05) is 6.54 Å². The quantitative estimate of drug-likeness (QED) is 0.869. The molecule has 4 heteroatoms. The molecule has 1 heterocycles. The van der Waals surface area contributed by atoms with Gasteiger partial charge in [-0.3, -0.25) is 0 Å². The molecule has 1 aromatic carbocycles. The van der Waals surface area contributed by atoms with Gasteiger partial charge in [-0.05, 0) is 38.4 Å². The van der Waals surface area contributed by atoms with Crippen molar-refractivity contribution >= 4 is 16.9 Å². The van der Waals surface area contributed by atoms with Crippen LogP contribution in [0, 0.1) is 13.8 Å². The first-order chi connectivity index (χ1) is 8.57. The number of aromatic carboxylic acids is 1. The Balaban J connectivity index is 2.74. The van der Waals surface area contributed by atoms with E-state index >= 15 is 0 Å². The lowest BCUT2D eigenvalue weighted by atomic mass is 10.1. The molecule has 0 atom stereocenters. The van der Waals surface area contributed by atoms with Crippen LogP contribution in [-0.4, -0.2) is 22.2 Å². The van der Waals surface area contributed by atoms with Crippen molar-refractivity contribution in [2.24, 2.45) is 5.73 Å². The summed E-state index contributed by atoms with van der Waals surface area (Å²) >= 11 is 0. The largest absolute Gasteiger partial charge is 0.478 e. The first kappa shape index (κ1) is 12.6. The van der Waals surface area contributed by atoms with E-state index in [0.717, 1.165) is 35.1 Å². The minimum Gasteiger partial charge on any atom is -0.478 e. The third kappa shape index (κ3) is 1.88. The molecule has 96 valence electrons. The van der Waals surface area contributed by atoms with Gasteiger partial charge >= 0.3 is 5.97 Å². The lowest BCUT2D eigenvalue weighted by molar-refractivity contribution is 0.0698. The van der Waals surface area contributed by atoms with E-state index in [9.17, 15) is 9.90 Å². The third-order valence-corrected chi connectivity index (χ3v) is 3.47. The second-order valence-corrected chi connectivity index (χ2v) is 4.51. The summed E-state index contributed by atoms with van der Waals surface area (Å²) < 4.78 is 2.07. The van der Waals surface area contributed by atoms with Crippen LogP contribution in [0.1, 0.15) is 28.0 Å². The Morgan fingerprint density at radius 2 is 2.11 bits per heavy atom. The molecule has 2 aromatic rings. The minimum absolute atomic E-state index is 0.362. The number of hydrogen-bond donors (Lipinski definition) is 2. The van der Waals surface area contributed by atoms with Gasteiger partial charge in [-0.25, -0.2) is 4.79 Å². The number of fused-ring (bicyclic) bond motifs is 1. The van der Waals surface area contributed by atoms with Crippen LogP contribution >= 0.6 is 0 Å². The number of nitrogens with zero attached hydrogens (tertiary/aromatic N) is 1. The summed E-state index contributed by atoms with van der Waals surface area (Å²) in [6, 6.07) is 5.43. The molecule has 0 aliphatic carbocycles. The summed E-state index contributed by atoms with van der Waals surface area (Å²) in [6.07, 6.45) is 0.845. The topological polar surface area (TPSA) is 68.2 Å². The molecule has 0 aliphatic rings. The van der Waals surface area contributed by atoms with E-state index in [0.29, 0.717) is 12.1 Å². The fourth-order valence-corrected chi connectivity index (χ4v) is 2.40. The molecular formula is C14H18N2O2. The van der Waals surface area contributed by atoms with Crippen molar-refractivity contribution in [3.63, 3.8) is 0 Å². The van der Waals surface area contributed by atoms with Gasteiger partial charge in [-0.1, -0.05) is 12.1 Å². The maximum absolute atomic E-state index is 11.3. The van der Waals surface area contributed by atoms with Crippen LogP contribution in [0.4, 0.5) is 0 Å². The lowest BCUT2D eigenvalue weighted by Gasteiger charge is -2.09. The number of carbonyl (C=O) groups is 1. The predicted octanol–water partition coefficient (Wildman–Crippen LogP) is 2.31. The Hall–Kier alpha value is -1.81. The van der Waals surface area contributed by atoms with E-state index in [4.69, 9.17) is 5.73 Å². The molecule has 0 bridgehead atoms. The van der Waals surface area contributed by atoms with E-state index in [1.165, 1.54) is 0 Å². The van der Waals surface area contributed by atoms with Crippen LogP contribution in [0.5, 0.6) is 0 Å². The summed E-state index contributed by atoms with van der Waals surface area (Å²) in [6.45, 7) is 5.42. The van der Waals surface area contributed by atoms with Crippen molar-refractivity contribution in [2.45, 2.75) is 26.8 Å². The maximum atomic E-state index is 11.3. The van der Waals surface area contributed by atoms with E-state index in [2.05, 4.69) is 4.57 Å². The number of nitrogens with two attached hydrogens (primary N) is 1.